The highest BCUT2D eigenvalue weighted by molar-refractivity contribution is 6.17. The van der Waals surface area contributed by atoms with Crippen LogP contribution in [-0.4, -0.2) is 41.0 Å². The van der Waals surface area contributed by atoms with Gasteiger partial charge in [0.15, 0.2) is 0 Å². The second-order valence-electron chi connectivity index (χ2n) is 4.04. The number of rotatable bonds is 7. The van der Waals surface area contributed by atoms with Crippen molar-refractivity contribution in [3.05, 3.63) is 0 Å². The first-order valence-corrected chi connectivity index (χ1v) is 6.29. The summed E-state index contributed by atoms with van der Waals surface area (Å²) < 4.78 is 0. The van der Waals surface area contributed by atoms with E-state index < -0.39 is 0 Å². The van der Waals surface area contributed by atoms with E-state index in [9.17, 15) is 4.79 Å². The van der Waals surface area contributed by atoms with Crippen molar-refractivity contribution in [2.45, 2.75) is 44.6 Å². The maximum atomic E-state index is 11.8. The first-order chi connectivity index (χ1) is 7.29. The zero-order valence-electron chi connectivity index (χ0n) is 9.12. The number of hydrogen-bond acceptors (Lipinski definition) is 2. The number of carbonyl (C=O) groups excluding carboxylic acids is 1. The van der Waals surface area contributed by atoms with E-state index in [1.54, 1.807) is 0 Å². The van der Waals surface area contributed by atoms with Crippen molar-refractivity contribution in [3.63, 3.8) is 0 Å². The highest BCUT2D eigenvalue weighted by Gasteiger charge is 2.27. The maximum Gasteiger partial charge on any atom is 0.222 e. The molecule has 1 rings (SSSR count). The van der Waals surface area contributed by atoms with Gasteiger partial charge in [-0.25, -0.2) is 0 Å². The fraction of sp³-hybridized carbons (Fsp3) is 0.909. The molecule has 0 aromatic carbocycles. The van der Waals surface area contributed by atoms with Crippen LogP contribution in [0.2, 0.25) is 0 Å². The molecular formula is C11H20ClNO2. The lowest BCUT2D eigenvalue weighted by Crippen LogP contribution is -2.45. The molecule has 0 aliphatic heterocycles. The summed E-state index contributed by atoms with van der Waals surface area (Å²) in [5, 5.41) is 8.91. The van der Waals surface area contributed by atoms with E-state index in [4.69, 9.17) is 16.7 Å². The molecule has 1 aliphatic carbocycles. The Morgan fingerprint density at radius 3 is 2.60 bits per heavy atom. The predicted octanol–water partition coefficient (Wildman–Crippen LogP) is 1.77. The molecule has 0 radical (unpaired) electrons. The SMILES string of the molecule is O=C(CCCCCl)N(CCO)C1CCC1. The Bertz CT molecular complexity index is 195. The first-order valence-electron chi connectivity index (χ1n) is 5.76. The van der Waals surface area contributed by atoms with E-state index in [0.29, 0.717) is 24.9 Å². The summed E-state index contributed by atoms with van der Waals surface area (Å²) in [4.78, 5) is 13.7. The summed E-state index contributed by atoms with van der Waals surface area (Å²) in [6, 6.07) is 0.389. The maximum absolute atomic E-state index is 11.8. The van der Waals surface area contributed by atoms with Gasteiger partial charge in [-0.05, 0) is 32.1 Å². The molecule has 1 fully saturated rings. The summed E-state index contributed by atoms with van der Waals surface area (Å²) in [6.45, 7) is 0.558. The van der Waals surface area contributed by atoms with Gasteiger partial charge < -0.3 is 10.0 Å². The van der Waals surface area contributed by atoms with Crippen LogP contribution in [0.5, 0.6) is 0 Å². The van der Waals surface area contributed by atoms with Crippen LogP contribution in [0.4, 0.5) is 0 Å². The van der Waals surface area contributed by atoms with Crippen LogP contribution in [0.1, 0.15) is 38.5 Å². The normalized spacial score (nSPS) is 16.1. The molecule has 3 nitrogen and oxygen atoms in total. The van der Waals surface area contributed by atoms with Gasteiger partial charge in [0.1, 0.15) is 0 Å². The van der Waals surface area contributed by atoms with Gasteiger partial charge in [-0.2, -0.15) is 0 Å². The molecule has 4 heteroatoms. The van der Waals surface area contributed by atoms with E-state index in [0.717, 1.165) is 25.7 Å². The number of hydrogen-bond donors (Lipinski definition) is 1. The molecule has 0 aromatic rings. The largest absolute Gasteiger partial charge is 0.395 e. The standard InChI is InChI=1S/C11H20ClNO2/c12-7-2-1-6-11(15)13(8-9-14)10-4-3-5-10/h10,14H,1-9H2. The Morgan fingerprint density at radius 2 is 2.13 bits per heavy atom. The molecule has 15 heavy (non-hydrogen) atoms. The minimum atomic E-state index is 0.0672. The monoisotopic (exact) mass is 233 g/mol. The third-order valence-electron chi connectivity index (χ3n) is 2.95. The average molecular weight is 234 g/mol. The van der Waals surface area contributed by atoms with Gasteiger partial charge in [0.2, 0.25) is 5.91 Å². The Kier molecular flexibility index (Phi) is 6.03. The Balaban J connectivity index is 2.29. The lowest BCUT2D eigenvalue weighted by molar-refractivity contribution is -0.136. The molecule has 0 saturated heterocycles. The number of aliphatic hydroxyl groups is 1. The van der Waals surface area contributed by atoms with Crippen molar-refractivity contribution >= 4 is 17.5 Å². The molecule has 0 aromatic heterocycles. The second kappa shape index (κ2) is 7.07. The van der Waals surface area contributed by atoms with Crippen molar-refractivity contribution in [3.8, 4) is 0 Å². The van der Waals surface area contributed by atoms with Crippen LogP contribution in [0.3, 0.4) is 0 Å². The molecule has 0 atom stereocenters. The van der Waals surface area contributed by atoms with Crippen molar-refractivity contribution < 1.29 is 9.90 Å². The summed E-state index contributed by atoms with van der Waals surface area (Å²) in [6.07, 6.45) is 5.73. The first kappa shape index (κ1) is 12.8. The van der Waals surface area contributed by atoms with E-state index in [1.165, 1.54) is 6.42 Å². The van der Waals surface area contributed by atoms with Gasteiger partial charge in [-0.15, -0.1) is 11.6 Å². The van der Waals surface area contributed by atoms with E-state index in [2.05, 4.69) is 0 Å². The molecule has 1 amide bonds. The molecular weight excluding hydrogens is 214 g/mol. The fourth-order valence-electron chi connectivity index (χ4n) is 1.83. The molecule has 1 N–H and O–H groups in total. The van der Waals surface area contributed by atoms with Gasteiger partial charge in [-0.3, -0.25) is 4.79 Å². The number of amides is 1. The molecule has 0 unspecified atom stereocenters. The number of carbonyl (C=O) groups is 1. The quantitative estimate of drug-likeness (QED) is 0.538. The number of unbranched alkanes of at least 4 members (excludes halogenated alkanes) is 1. The van der Waals surface area contributed by atoms with Crippen LogP contribution in [0, 0.1) is 0 Å². The van der Waals surface area contributed by atoms with E-state index in [-0.39, 0.29) is 12.5 Å². The number of aliphatic hydroxyl groups excluding tert-OH is 1. The van der Waals surface area contributed by atoms with Crippen LogP contribution in [0.15, 0.2) is 0 Å². The highest BCUT2D eigenvalue weighted by Crippen LogP contribution is 2.25. The van der Waals surface area contributed by atoms with Crippen LogP contribution >= 0.6 is 11.6 Å². The van der Waals surface area contributed by atoms with Crippen molar-refractivity contribution in [2.24, 2.45) is 0 Å². The van der Waals surface area contributed by atoms with Crippen LogP contribution in [-0.2, 0) is 4.79 Å². The van der Waals surface area contributed by atoms with Crippen LogP contribution < -0.4 is 0 Å². The number of halogens is 1. The summed E-state index contributed by atoms with van der Waals surface area (Å²) in [5.41, 5.74) is 0. The topological polar surface area (TPSA) is 40.5 Å². The Hall–Kier alpha value is -0.280. The van der Waals surface area contributed by atoms with Crippen molar-refractivity contribution in [1.29, 1.82) is 0 Å². The third kappa shape index (κ3) is 3.99. The van der Waals surface area contributed by atoms with Gasteiger partial charge in [-0.1, -0.05) is 0 Å². The number of alkyl halides is 1. The van der Waals surface area contributed by atoms with E-state index >= 15 is 0 Å². The molecule has 0 bridgehead atoms. The van der Waals surface area contributed by atoms with Crippen molar-refractivity contribution in [2.75, 3.05) is 19.0 Å². The molecule has 1 saturated carbocycles. The summed E-state index contributed by atoms with van der Waals surface area (Å²) >= 11 is 5.56. The molecule has 0 spiro atoms. The minimum Gasteiger partial charge on any atom is -0.395 e. The summed E-state index contributed by atoms with van der Waals surface area (Å²) in [7, 11) is 0. The molecule has 1 aliphatic rings. The lowest BCUT2D eigenvalue weighted by atomic mass is 9.91. The zero-order valence-corrected chi connectivity index (χ0v) is 9.88. The van der Waals surface area contributed by atoms with Gasteiger partial charge in [0.25, 0.3) is 0 Å². The minimum absolute atomic E-state index is 0.0672. The summed E-state index contributed by atoms with van der Waals surface area (Å²) in [5.74, 6) is 0.801. The van der Waals surface area contributed by atoms with Gasteiger partial charge in [0.05, 0.1) is 6.61 Å². The Labute approximate surface area is 96.4 Å². The highest BCUT2D eigenvalue weighted by atomic mass is 35.5. The fourth-order valence-corrected chi connectivity index (χ4v) is 2.02. The predicted molar refractivity (Wildman–Crippen MR) is 61.0 cm³/mol. The third-order valence-corrected chi connectivity index (χ3v) is 3.22. The smallest absolute Gasteiger partial charge is 0.222 e. The van der Waals surface area contributed by atoms with Crippen molar-refractivity contribution in [1.82, 2.24) is 4.90 Å². The van der Waals surface area contributed by atoms with Crippen LogP contribution in [0.25, 0.3) is 0 Å². The lowest BCUT2D eigenvalue weighted by Gasteiger charge is -2.37. The van der Waals surface area contributed by atoms with Gasteiger partial charge >= 0.3 is 0 Å². The Morgan fingerprint density at radius 1 is 1.40 bits per heavy atom. The van der Waals surface area contributed by atoms with Gasteiger partial charge in [0, 0.05) is 24.9 Å². The average Bonchev–Trinajstić information content (AvgIpc) is 2.14. The second-order valence-corrected chi connectivity index (χ2v) is 4.42. The molecule has 88 valence electrons. The van der Waals surface area contributed by atoms with E-state index in [1.807, 2.05) is 4.90 Å². The zero-order chi connectivity index (χ0) is 11.1. The number of nitrogens with zero attached hydrogens (tertiary/aromatic N) is 1. The molecule has 0 heterocycles.